The molecule has 15 heavy (non-hydrogen) atoms. The van der Waals surface area contributed by atoms with Crippen LogP contribution >= 0.6 is 11.6 Å². The quantitative estimate of drug-likeness (QED) is 0.861. The Labute approximate surface area is 96.4 Å². The average Bonchev–Trinajstić information content (AvgIpc) is 2.14. The monoisotopic (exact) mass is 227 g/mol. The Kier molecular flexibility index (Phi) is 4.14. The number of ether oxygens (including phenoxy) is 1. The summed E-state index contributed by atoms with van der Waals surface area (Å²) in [5.74, 6) is 0. The largest absolute Gasteiger partial charge is 0.374 e. The summed E-state index contributed by atoms with van der Waals surface area (Å²) in [6.07, 6.45) is 0. The molecule has 1 atom stereocenters. The summed E-state index contributed by atoms with van der Waals surface area (Å²) in [5, 5.41) is 0.725. The van der Waals surface area contributed by atoms with E-state index in [-0.39, 0.29) is 11.6 Å². The highest BCUT2D eigenvalue weighted by molar-refractivity contribution is 6.30. The van der Waals surface area contributed by atoms with E-state index < -0.39 is 0 Å². The van der Waals surface area contributed by atoms with E-state index in [2.05, 4.69) is 0 Å². The van der Waals surface area contributed by atoms with Crippen molar-refractivity contribution in [1.82, 2.24) is 0 Å². The van der Waals surface area contributed by atoms with E-state index in [1.807, 2.05) is 45.0 Å². The van der Waals surface area contributed by atoms with Crippen molar-refractivity contribution in [2.24, 2.45) is 5.73 Å². The van der Waals surface area contributed by atoms with E-state index in [4.69, 9.17) is 22.1 Å². The molecule has 1 aromatic carbocycles. The first-order chi connectivity index (χ1) is 6.88. The Balaban J connectivity index is 2.54. The number of nitrogens with two attached hydrogens (primary N) is 1. The second-order valence-electron chi connectivity index (χ2n) is 4.58. The van der Waals surface area contributed by atoms with E-state index in [1.165, 1.54) is 0 Å². The van der Waals surface area contributed by atoms with Crippen LogP contribution in [0.25, 0.3) is 0 Å². The molecule has 2 nitrogen and oxygen atoms in total. The van der Waals surface area contributed by atoms with Crippen LogP contribution in [-0.4, -0.2) is 12.2 Å². The minimum atomic E-state index is -0.149. The molecule has 0 bridgehead atoms. The smallest absolute Gasteiger partial charge is 0.0666 e. The van der Waals surface area contributed by atoms with Crippen molar-refractivity contribution < 1.29 is 4.74 Å². The summed E-state index contributed by atoms with van der Waals surface area (Å²) in [4.78, 5) is 0. The van der Waals surface area contributed by atoms with Gasteiger partial charge in [-0.2, -0.15) is 0 Å². The van der Waals surface area contributed by atoms with Gasteiger partial charge in [0, 0.05) is 5.02 Å². The van der Waals surface area contributed by atoms with Gasteiger partial charge in [-0.3, -0.25) is 0 Å². The van der Waals surface area contributed by atoms with Crippen LogP contribution in [0, 0.1) is 0 Å². The molecule has 1 unspecified atom stereocenters. The standard InChI is InChI=1S/C12H18ClNO/c1-12(2,3)15-8-11(14)9-4-6-10(13)7-5-9/h4-7,11H,8,14H2,1-3H3. The van der Waals surface area contributed by atoms with Crippen LogP contribution in [0.4, 0.5) is 0 Å². The minimum Gasteiger partial charge on any atom is -0.374 e. The van der Waals surface area contributed by atoms with Crippen molar-refractivity contribution in [3.05, 3.63) is 34.9 Å². The molecule has 0 aliphatic rings. The maximum Gasteiger partial charge on any atom is 0.0666 e. The van der Waals surface area contributed by atoms with Crippen LogP contribution in [0.15, 0.2) is 24.3 Å². The molecule has 0 saturated carbocycles. The zero-order valence-corrected chi connectivity index (χ0v) is 10.2. The van der Waals surface area contributed by atoms with E-state index >= 15 is 0 Å². The Morgan fingerprint density at radius 3 is 2.27 bits per heavy atom. The Bertz CT molecular complexity index is 302. The van der Waals surface area contributed by atoms with Gasteiger partial charge in [0.15, 0.2) is 0 Å². The van der Waals surface area contributed by atoms with Crippen molar-refractivity contribution in [2.75, 3.05) is 6.61 Å². The van der Waals surface area contributed by atoms with E-state index in [9.17, 15) is 0 Å². The highest BCUT2D eigenvalue weighted by Crippen LogP contribution is 2.17. The molecule has 0 saturated heterocycles. The van der Waals surface area contributed by atoms with Crippen LogP contribution in [0.1, 0.15) is 32.4 Å². The molecule has 3 heteroatoms. The highest BCUT2D eigenvalue weighted by atomic mass is 35.5. The lowest BCUT2D eigenvalue weighted by Crippen LogP contribution is -2.26. The van der Waals surface area contributed by atoms with Gasteiger partial charge in [0.1, 0.15) is 0 Å². The van der Waals surface area contributed by atoms with Crippen molar-refractivity contribution in [2.45, 2.75) is 32.4 Å². The van der Waals surface area contributed by atoms with E-state index in [0.717, 1.165) is 10.6 Å². The lowest BCUT2D eigenvalue weighted by atomic mass is 10.1. The Morgan fingerprint density at radius 2 is 1.80 bits per heavy atom. The van der Waals surface area contributed by atoms with Crippen molar-refractivity contribution in [3.63, 3.8) is 0 Å². The summed E-state index contributed by atoms with van der Waals surface area (Å²) in [7, 11) is 0. The van der Waals surface area contributed by atoms with Crippen molar-refractivity contribution >= 4 is 11.6 Å². The summed E-state index contributed by atoms with van der Waals surface area (Å²) in [6, 6.07) is 7.45. The molecule has 0 amide bonds. The normalized spacial score (nSPS) is 13.9. The Morgan fingerprint density at radius 1 is 1.27 bits per heavy atom. The predicted molar refractivity (Wildman–Crippen MR) is 64.1 cm³/mol. The minimum absolute atomic E-state index is 0.0958. The van der Waals surface area contributed by atoms with Gasteiger partial charge in [-0.1, -0.05) is 23.7 Å². The molecular weight excluding hydrogens is 210 g/mol. The van der Waals surface area contributed by atoms with Gasteiger partial charge in [0.05, 0.1) is 18.2 Å². The second-order valence-corrected chi connectivity index (χ2v) is 5.02. The highest BCUT2D eigenvalue weighted by Gasteiger charge is 2.13. The summed E-state index contributed by atoms with van der Waals surface area (Å²) < 4.78 is 5.62. The molecule has 0 aliphatic carbocycles. The molecule has 1 aromatic rings. The van der Waals surface area contributed by atoms with Crippen LogP contribution in [0.2, 0.25) is 5.02 Å². The Hall–Kier alpha value is -0.570. The van der Waals surface area contributed by atoms with Gasteiger partial charge < -0.3 is 10.5 Å². The summed E-state index contributed by atoms with van der Waals surface area (Å²) in [5.41, 5.74) is 6.88. The van der Waals surface area contributed by atoms with Crippen LogP contribution < -0.4 is 5.73 Å². The summed E-state index contributed by atoms with van der Waals surface area (Å²) in [6.45, 7) is 6.57. The molecule has 0 aromatic heterocycles. The lowest BCUT2D eigenvalue weighted by molar-refractivity contribution is -0.0102. The molecular formula is C12H18ClNO. The zero-order valence-electron chi connectivity index (χ0n) is 9.46. The van der Waals surface area contributed by atoms with Crippen LogP contribution in [0.3, 0.4) is 0 Å². The third kappa shape index (κ3) is 4.65. The molecule has 1 rings (SSSR count). The first kappa shape index (κ1) is 12.5. The molecule has 0 fully saturated rings. The van der Waals surface area contributed by atoms with Crippen LogP contribution in [0.5, 0.6) is 0 Å². The number of hydrogen-bond donors (Lipinski definition) is 1. The third-order valence-corrected chi connectivity index (χ3v) is 2.25. The fourth-order valence-corrected chi connectivity index (χ4v) is 1.27. The molecule has 0 aliphatic heterocycles. The zero-order chi connectivity index (χ0) is 11.5. The maximum absolute atomic E-state index is 5.98. The van der Waals surface area contributed by atoms with Crippen molar-refractivity contribution in [3.8, 4) is 0 Å². The molecule has 0 radical (unpaired) electrons. The fraction of sp³-hybridized carbons (Fsp3) is 0.500. The number of rotatable bonds is 3. The number of hydrogen-bond acceptors (Lipinski definition) is 2. The predicted octanol–water partition coefficient (Wildman–Crippen LogP) is 3.15. The van der Waals surface area contributed by atoms with Gasteiger partial charge in [-0.25, -0.2) is 0 Å². The number of halogens is 1. The number of benzene rings is 1. The van der Waals surface area contributed by atoms with Crippen molar-refractivity contribution in [1.29, 1.82) is 0 Å². The second kappa shape index (κ2) is 4.97. The van der Waals surface area contributed by atoms with Gasteiger partial charge in [-0.05, 0) is 38.5 Å². The van der Waals surface area contributed by atoms with Gasteiger partial charge in [0.2, 0.25) is 0 Å². The fourth-order valence-electron chi connectivity index (χ4n) is 1.15. The van der Waals surface area contributed by atoms with Gasteiger partial charge in [-0.15, -0.1) is 0 Å². The molecule has 0 spiro atoms. The maximum atomic E-state index is 5.98. The third-order valence-electron chi connectivity index (χ3n) is 1.99. The van der Waals surface area contributed by atoms with E-state index in [1.54, 1.807) is 0 Å². The lowest BCUT2D eigenvalue weighted by Gasteiger charge is -2.22. The summed E-state index contributed by atoms with van der Waals surface area (Å²) >= 11 is 5.79. The molecule has 84 valence electrons. The van der Waals surface area contributed by atoms with E-state index in [0.29, 0.717) is 6.61 Å². The van der Waals surface area contributed by atoms with Crippen LogP contribution in [-0.2, 0) is 4.74 Å². The topological polar surface area (TPSA) is 35.2 Å². The average molecular weight is 228 g/mol. The van der Waals surface area contributed by atoms with Gasteiger partial charge >= 0.3 is 0 Å². The SMILES string of the molecule is CC(C)(C)OCC(N)c1ccc(Cl)cc1. The first-order valence-corrected chi connectivity index (χ1v) is 5.41. The van der Waals surface area contributed by atoms with Gasteiger partial charge in [0.25, 0.3) is 0 Å². The first-order valence-electron chi connectivity index (χ1n) is 5.03. The molecule has 2 N–H and O–H groups in total. The molecule has 0 heterocycles.